The van der Waals surface area contributed by atoms with Gasteiger partial charge in [-0.15, -0.1) is 0 Å². The quantitative estimate of drug-likeness (QED) is 0.632. The van der Waals surface area contributed by atoms with Gasteiger partial charge in [-0.05, 0) is 54.6 Å². The van der Waals surface area contributed by atoms with Gasteiger partial charge in [0.25, 0.3) is 0 Å². The van der Waals surface area contributed by atoms with Crippen LogP contribution in [0.2, 0.25) is 10.0 Å². The summed E-state index contributed by atoms with van der Waals surface area (Å²) in [4.78, 5) is 0. The van der Waals surface area contributed by atoms with Crippen LogP contribution in [0.5, 0.6) is 0 Å². The Morgan fingerprint density at radius 3 is 2.27 bits per heavy atom. The molecule has 0 amide bonds. The smallest absolute Gasteiger partial charge is 0.134 e. The van der Waals surface area contributed by atoms with Gasteiger partial charge < -0.3 is 9.73 Å². The summed E-state index contributed by atoms with van der Waals surface area (Å²) in [7, 11) is 0. The molecular weight excluding hydrogens is 324 g/mol. The number of benzene rings is 2. The zero-order valence-electron chi connectivity index (χ0n) is 11.4. The first-order valence-corrected chi connectivity index (χ1v) is 7.40. The second-order valence-corrected chi connectivity index (χ2v) is 5.66. The zero-order chi connectivity index (χ0) is 15.5. The number of halogens is 3. The van der Waals surface area contributed by atoms with Crippen molar-refractivity contribution in [1.82, 2.24) is 0 Å². The summed E-state index contributed by atoms with van der Waals surface area (Å²) in [5.41, 5.74) is 1.65. The largest absolute Gasteiger partial charge is 0.459 e. The molecule has 0 aliphatic rings. The fourth-order valence-electron chi connectivity index (χ4n) is 2.08. The molecule has 1 heterocycles. The lowest BCUT2D eigenvalue weighted by molar-refractivity contribution is 0.531. The third kappa shape index (κ3) is 3.62. The Balaban J connectivity index is 1.72. The molecule has 0 atom stereocenters. The Labute approximate surface area is 137 Å². The Kier molecular flexibility index (Phi) is 4.36. The zero-order valence-corrected chi connectivity index (χ0v) is 13.0. The molecule has 22 heavy (non-hydrogen) atoms. The van der Waals surface area contributed by atoms with Gasteiger partial charge in [0.05, 0.1) is 6.54 Å². The van der Waals surface area contributed by atoms with Crippen LogP contribution in [0.15, 0.2) is 59.0 Å². The van der Waals surface area contributed by atoms with E-state index in [4.69, 9.17) is 27.6 Å². The van der Waals surface area contributed by atoms with E-state index in [-0.39, 0.29) is 5.82 Å². The fraction of sp³-hybridized carbons (Fsp3) is 0.0588. The van der Waals surface area contributed by atoms with Crippen LogP contribution < -0.4 is 5.32 Å². The second kappa shape index (κ2) is 6.42. The normalized spacial score (nSPS) is 10.7. The Morgan fingerprint density at radius 1 is 0.909 bits per heavy atom. The first kappa shape index (κ1) is 14.9. The van der Waals surface area contributed by atoms with E-state index >= 15 is 0 Å². The van der Waals surface area contributed by atoms with Crippen molar-refractivity contribution in [2.24, 2.45) is 0 Å². The number of furan rings is 1. The van der Waals surface area contributed by atoms with Gasteiger partial charge in [0.1, 0.15) is 17.3 Å². The van der Waals surface area contributed by atoms with E-state index < -0.39 is 0 Å². The maximum atomic E-state index is 12.8. The molecule has 0 bridgehead atoms. The summed E-state index contributed by atoms with van der Waals surface area (Å²) in [5, 5.41) is 4.28. The first-order valence-electron chi connectivity index (χ1n) is 6.65. The highest BCUT2D eigenvalue weighted by Crippen LogP contribution is 2.28. The number of rotatable bonds is 4. The summed E-state index contributed by atoms with van der Waals surface area (Å²) in [6, 6.07) is 15.2. The van der Waals surface area contributed by atoms with Crippen molar-refractivity contribution in [2.45, 2.75) is 6.54 Å². The van der Waals surface area contributed by atoms with Crippen LogP contribution in [0, 0.1) is 5.82 Å². The van der Waals surface area contributed by atoms with E-state index in [1.807, 2.05) is 12.1 Å². The molecule has 0 saturated heterocycles. The van der Waals surface area contributed by atoms with E-state index in [0.717, 1.165) is 17.0 Å². The van der Waals surface area contributed by atoms with Crippen LogP contribution in [-0.2, 0) is 6.54 Å². The van der Waals surface area contributed by atoms with Gasteiger partial charge >= 0.3 is 0 Å². The number of anilines is 1. The molecule has 0 fully saturated rings. The van der Waals surface area contributed by atoms with Crippen LogP contribution in [0.3, 0.4) is 0 Å². The molecular formula is C17H12Cl2FNO. The van der Waals surface area contributed by atoms with Crippen molar-refractivity contribution in [3.63, 3.8) is 0 Å². The standard InChI is InChI=1S/C17H12Cl2FNO/c18-12-7-11(8-13(19)9-12)17-6-5-16(22-17)10-21-15-3-1-14(20)2-4-15/h1-9,21H,10H2. The Morgan fingerprint density at radius 2 is 1.59 bits per heavy atom. The monoisotopic (exact) mass is 335 g/mol. The lowest BCUT2D eigenvalue weighted by Gasteiger charge is -2.04. The van der Waals surface area contributed by atoms with Crippen LogP contribution in [-0.4, -0.2) is 0 Å². The van der Waals surface area contributed by atoms with Gasteiger partial charge in [-0.1, -0.05) is 23.2 Å². The molecule has 1 N–H and O–H groups in total. The van der Waals surface area contributed by atoms with Crippen LogP contribution in [0.25, 0.3) is 11.3 Å². The molecule has 0 spiro atoms. The van der Waals surface area contributed by atoms with E-state index in [0.29, 0.717) is 22.4 Å². The van der Waals surface area contributed by atoms with E-state index in [1.165, 1.54) is 12.1 Å². The molecule has 0 aliphatic heterocycles. The van der Waals surface area contributed by atoms with Crippen LogP contribution in [0.1, 0.15) is 5.76 Å². The number of nitrogens with one attached hydrogen (secondary N) is 1. The van der Waals surface area contributed by atoms with Gasteiger partial charge in [-0.2, -0.15) is 0 Å². The third-order valence-electron chi connectivity index (χ3n) is 3.12. The molecule has 3 aromatic rings. The van der Waals surface area contributed by atoms with Gasteiger partial charge in [-0.25, -0.2) is 4.39 Å². The summed E-state index contributed by atoms with van der Waals surface area (Å²) in [6.45, 7) is 0.500. The molecule has 2 aromatic carbocycles. The van der Waals surface area contributed by atoms with E-state index in [1.54, 1.807) is 30.3 Å². The maximum absolute atomic E-state index is 12.8. The van der Waals surface area contributed by atoms with Gasteiger partial charge in [-0.3, -0.25) is 0 Å². The highest BCUT2D eigenvalue weighted by atomic mass is 35.5. The van der Waals surface area contributed by atoms with Crippen molar-refractivity contribution >= 4 is 28.9 Å². The topological polar surface area (TPSA) is 25.2 Å². The SMILES string of the molecule is Fc1ccc(NCc2ccc(-c3cc(Cl)cc(Cl)c3)o2)cc1. The van der Waals surface area contributed by atoms with Crippen molar-refractivity contribution in [3.8, 4) is 11.3 Å². The van der Waals surface area contributed by atoms with Crippen LogP contribution >= 0.6 is 23.2 Å². The predicted octanol–water partition coefficient (Wildman–Crippen LogP) is 6.00. The molecule has 5 heteroatoms. The summed E-state index contributed by atoms with van der Waals surface area (Å²) < 4.78 is 18.6. The molecule has 112 valence electrons. The van der Waals surface area contributed by atoms with E-state index in [9.17, 15) is 4.39 Å². The number of hydrogen-bond donors (Lipinski definition) is 1. The number of hydrogen-bond acceptors (Lipinski definition) is 2. The molecule has 2 nitrogen and oxygen atoms in total. The van der Waals surface area contributed by atoms with Crippen molar-refractivity contribution in [3.05, 3.63) is 76.2 Å². The molecule has 0 radical (unpaired) electrons. The molecule has 0 unspecified atom stereocenters. The Bertz CT molecular complexity index is 763. The summed E-state index contributed by atoms with van der Waals surface area (Å²) in [5.74, 6) is 1.19. The second-order valence-electron chi connectivity index (χ2n) is 4.78. The van der Waals surface area contributed by atoms with Gasteiger partial charge in [0, 0.05) is 21.3 Å². The summed E-state index contributed by atoms with van der Waals surface area (Å²) in [6.07, 6.45) is 0. The maximum Gasteiger partial charge on any atom is 0.134 e. The minimum absolute atomic E-state index is 0.260. The molecule has 1 aromatic heterocycles. The van der Waals surface area contributed by atoms with Crippen molar-refractivity contribution in [1.29, 1.82) is 0 Å². The summed E-state index contributed by atoms with van der Waals surface area (Å²) >= 11 is 12.0. The average molecular weight is 336 g/mol. The van der Waals surface area contributed by atoms with Crippen molar-refractivity contribution in [2.75, 3.05) is 5.32 Å². The minimum atomic E-state index is -0.260. The highest BCUT2D eigenvalue weighted by molar-refractivity contribution is 6.35. The Hall–Kier alpha value is -1.97. The first-order chi connectivity index (χ1) is 10.6. The highest BCUT2D eigenvalue weighted by Gasteiger charge is 2.07. The van der Waals surface area contributed by atoms with Gasteiger partial charge in [0.15, 0.2) is 0 Å². The minimum Gasteiger partial charge on any atom is -0.459 e. The lowest BCUT2D eigenvalue weighted by atomic mass is 10.2. The molecule has 0 saturated carbocycles. The van der Waals surface area contributed by atoms with Gasteiger partial charge in [0.2, 0.25) is 0 Å². The van der Waals surface area contributed by atoms with Crippen LogP contribution in [0.4, 0.5) is 10.1 Å². The fourth-order valence-corrected chi connectivity index (χ4v) is 2.61. The van der Waals surface area contributed by atoms with E-state index in [2.05, 4.69) is 5.32 Å². The third-order valence-corrected chi connectivity index (χ3v) is 3.56. The molecule has 3 rings (SSSR count). The average Bonchev–Trinajstić information content (AvgIpc) is 2.95. The lowest BCUT2D eigenvalue weighted by Crippen LogP contribution is -1.97. The van der Waals surface area contributed by atoms with Crippen molar-refractivity contribution < 1.29 is 8.81 Å². The molecule has 0 aliphatic carbocycles. The predicted molar refractivity (Wildman–Crippen MR) is 87.9 cm³/mol.